The standard InChI is InChI=1S/C14H23N3OS/c1-3-16-6-8-17(9-7-16)12-14(18)15(2)11-13-5-4-10-19-13/h4-5,10H,3,6-9,11-12H2,1-2H3. The van der Waals surface area contributed by atoms with E-state index >= 15 is 0 Å². The van der Waals surface area contributed by atoms with Crippen molar-refractivity contribution < 1.29 is 4.79 Å². The lowest BCUT2D eigenvalue weighted by molar-refractivity contribution is -0.132. The molecule has 2 rings (SSSR count). The van der Waals surface area contributed by atoms with Gasteiger partial charge in [0.15, 0.2) is 0 Å². The van der Waals surface area contributed by atoms with Crippen molar-refractivity contribution in [2.24, 2.45) is 0 Å². The van der Waals surface area contributed by atoms with E-state index < -0.39 is 0 Å². The Kier molecular flexibility index (Phi) is 5.36. The molecule has 0 bridgehead atoms. The van der Waals surface area contributed by atoms with Crippen molar-refractivity contribution in [1.82, 2.24) is 14.7 Å². The molecule has 4 nitrogen and oxygen atoms in total. The Morgan fingerprint density at radius 1 is 1.32 bits per heavy atom. The monoisotopic (exact) mass is 281 g/mol. The van der Waals surface area contributed by atoms with E-state index in [1.54, 1.807) is 11.3 Å². The molecule has 1 saturated heterocycles. The number of carbonyl (C=O) groups is 1. The largest absolute Gasteiger partial charge is 0.340 e. The molecule has 0 spiro atoms. The van der Waals surface area contributed by atoms with E-state index in [0.29, 0.717) is 6.54 Å². The number of hydrogen-bond acceptors (Lipinski definition) is 4. The van der Waals surface area contributed by atoms with Gasteiger partial charge in [0.1, 0.15) is 0 Å². The summed E-state index contributed by atoms with van der Waals surface area (Å²) in [4.78, 5) is 19.9. The van der Waals surface area contributed by atoms with Crippen molar-refractivity contribution in [2.75, 3.05) is 46.3 Å². The van der Waals surface area contributed by atoms with Gasteiger partial charge in [0.25, 0.3) is 0 Å². The summed E-state index contributed by atoms with van der Waals surface area (Å²) in [6, 6.07) is 4.11. The third-order valence-electron chi connectivity index (χ3n) is 3.67. The Morgan fingerprint density at radius 3 is 2.58 bits per heavy atom. The van der Waals surface area contributed by atoms with E-state index in [9.17, 15) is 4.79 Å². The first-order chi connectivity index (χ1) is 9.19. The predicted octanol–water partition coefficient (Wildman–Crippen LogP) is 1.34. The minimum Gasteiger partial charge on any atom is -0.340 e. The van der Waals surface area contributed by atoms with Crippen LogP contribution in [0.4, 0.5) is 0 Å². The Morgan fingerprint density at radius 2 is 2.00 bits per heavy atom. The molecule has 0 unspecified atom stereocenters. The third-order valence-corrected chi connectivity index (χ3v) is 4.53. The van der Waals surface area contributed by atoms with Crippen LogP contribution in [-0.4, -0.2) is 66.9 Å². The molecule has 0 saturated carbocycles. The average Bonchev–Trinajstić information content (AvgIpc) is 2.92. The van der Waals surface area contributed by atoms with Crippen LogP contribution in [0.15, 0.2) is 17.5 Å². The maximum atomic E-state index is 12.2. The summed E-state index contributed by atoms with van der Waals surface area (Å²) in [6.07, 6.45) is 0. The highest BCUT2D eigenvalue weighted by molar-refractivity contribution is 7.09. The molecule has 1 aromatic heterocycles. The van der Waals surface area contributed by atoms with Crippen molar-refractivity contribution in [1.29, 1.82) is 0 Å². The molecule has 5 heteroatoms. The normalized spacial score (nSPS) is 17.6. The predicted molar refractivity (Wildman–Crippen MR) is 79.3 cm³/mol. The van der Waals surface area contributed by atoms with Crippen LogP contribution >= 0.6 is 11.3 Å². The highest BCUT2D eigenvalue weighted by Crippen LogP contribution is 2.11. The van der Waals surface area contributed by atoms with Gasteiger partial charge in [-0.2, -0.15) is 0 Å². The number of nitrogens with zero attached hydrogens (tertiary/aromatic N) is 3. The quantitative estimate of drug-likeness (QED) is 0.815. The van der Waals surface area contributed by atoms with E-state index in [-0.39, 0.29) is 5.91 Å². The van der Waals surface area contributed by atoms with Gasteiger partial charge in [-0.05, 0) is 18.0 Å². The molecule has 0 aromatic carbocycles. The second-order valence-corrected chi connectivity index (χ2v) is 6.07. The SMILES string of the molecule is CCN1CCN(CC(=O)N(C)Cc2cccs2)CC1. The van der Waals surface area contributed by atoms with E-state index in [2.05, 4.69) is 28.2 Å². The first-order valence-corrected chi connectivity index (χ1v) is 7.78. The van der Waals surface area contributed by atoms with Gasteiger partial charge in [-0.1, -0.05) is 13.0 Å². The van der Waals surface area contributed by atoms with Gasteiger partial charge in [-0.25, -0.2) is 0 Å². The lowest BCUT2D eigenvalue weighted by Gasteiger charge is -2.34. The van der Waals surface area contributed by atoms with Crippen LogP contribution < -0.4 is 0 Å². The number of rotatable bonds is 5. The molecule has 1 amide bonds. The minimum atomic E-state index is 0.221. The molecule has 0 atom stereocenters. The molecule has 1 aromatic rings. The van der Waals surface area contributed by atoms with Crippen molar-refractivity contribution in [2.45, 2.75) is 13.5 Å². The Bertz CT molecular complexity index is 385. The zero-order valence-electron chi connectivity index (χ0n) is 11.8. The van der Waals surface area contributed by atoms with Gasteiger partial charge in [0.2, 0.25) is 5.91 Å². The Hall–Kier alpha value is -0.910. The van der Waals surface area contributed by atoms with Crippen molar-refractivity contribution in [3.8, 4) is 0 Å². The average molecular weight is 281 g/mol. The molecule has 0 radical (unpaired) electrons. The van der Waals surface area contributed by atoms with Crippen LogP contribution in [0, 0.1) is 0 Å². The molecule has 2 heterocycles. The maximum Gasteiger partial charge on any atom is 0.236 e. The fourth-order valence-electron chi connectivity index (χ4n) is 2.30. The Labute approximate surface area is 119 Å². The zero-order chi connectivity index (χ0) is 13.7. The van der Waals surface area contributed by atoms with Crippen molar-refractivity contribution >= 4 is 17.2 Å². The third kappa shape index (κ3) is 4.30. The topological polar surface area (TPSA) is 26.8 Å². The lowest BCUT2D eigenvalue weighted by atomic mass is 10.3. The molecule has 1 aliphatic rings. The number of piperazine rings is 1. The molecule has 106 valence electrons. The fourth-order valence-corrected chi connectivity index (χ4v) is 3.06. The van der Waals surface area contributed by atoms with E-state index in [1.165, 1.54) is 4.88 Å². The lowest BCUT2D eigenvalue weighted by Crippen LogP contribution is -2.49. The Balaban J connectivity index is 1.74. The van der Waals surface area contributed by atoms with Gasteiger partial charge in [-0.15, -0.1) is 11.3 Å². The van der Waals surface area contributed by atoms with Crippen LogP contribution in [0.2, 0.25) is 0 Å². The van der Waals surface area contributed by atoms with Crippen molar-refractivity contribution in [3.63, 3.8) is 0 Å². The van der Waals surface area contributed by atoms with Gasteiger partial charge in [-0.3, -0.25) is 9.69 Å². The maximum absolute atomic E-state index is 12.2. The summed E-state index contributed by atoms with van der Waals surface area (Å²) in [5, 5.41) is 2.05. The smallest absolute Gasteiger partial charge is 0.236 e. The number of amides is 1. The molecule has 0 N–H and O–H groups in total. The van der Waals surface area contributed by atoms with Crippen LogP contribution in [-0.2, 0) is 11.3 Å². The van der Waals surface area contributed by atoms with E-state index in [4.69, 9.17) is 0 Å². The van der Waals surface area contributed by atoms with Crippen LogP contribution in [0.1, 0.15) is 11.8 Å². The fraction of sp³-hybridized carbons (Fsp3) is 0.643. The summed E-state index contributed by atoms with van der Waals surface area (Å²) in [5.74, 6) is 0.221. The minimum absolute atomic E-state index is 0.221. The highest BCUT2D eigenvalue weighted by Gasteiger charge is 2.19. The highest BCUT2D eigenvalue weighted by atomic mass is 32.1. The van der Waals surface area contributed by atoms with Gasteiger partial charge in [0.05, 0.1) is 13.1 Å². The zero-order valence-corrected chi connectivity index (χ0v) is 12.7. The van der Waals surface area contributed by atoms with Crippen LogP contribution in [0.5, 0.6) is 0 Å². The summed E-state index contributed by atoms with van der Waals surface area (Å²) >= 11 is 1.70. The molecule has 1 fully saturated rings. The first kappa shape index (κ1) is 14.5. The summed E-state index contributed by atoms with van der Waals surface area (Å²) in [6.45, 7) is 8.76. The summed E-state index contributed by atoms with van der Waals surface area (Å²) < 4.78 is 0. The summed E-state index contributed by atoms with van der Waals surface area (Å²) in [5.41, 5.74) is 0. The van der Waals surface area contributed by atoms with E-state index in [0.717, 1.165) is 39.3 Å². The second-order valence-electron chi connectivity index (χ2n) is 5.04. The number of likely N-dealkylation sites (N-methyl/N-ethyl adjacent to an activating group) is 2. The molecule has 1 aliphatic heterocycles. The summed E-state index contributed by atoms with van der Waals surface area (Å²) in [7, 11) is 1.89. The van der Waals surface area contributed by atoms with E-state index in [1.807, 2.05) is 18.0 Å². The van der Waals surface area contributed by atoms with Gasteiger partial charge >= 0.3 is 0 Å². The van der Waals surface area contributed by atoms with Gasteiger partial charge < -0.3 is 9.80 Å². The molecular formula is C14H23N3OS. The molecule has 19 heavy (non-hydrogen) atoms. The second kappa shape index (κ2) is 7.03. The molecule has 0 aliphatic carbocycles. The number of hydrogen-bond donors (Lipinski definition) is 0. The first-order valence-electron chi connectivity index (χ1n) is 6.90. The van der Waals surface area contributed by atoms with Crippen LogP contribution in [0.25, 0.3) is 0 Å². The van der Waals surface area contributed by atoms with Crippen LogP contribution in [0.3, 0.4) is 0 Å². The number of carbonyl (C=O) groups excluding carboxylic acids is 1. The number of thiophene rings is 1. The molecular weight excluding hydrogens is 258 g/mol. The van der Waals surface area contributed by atoms with Crippen molar-refractivity contribution in [3.05, 3.63) is 22.4 Å². The van der Waals surface area contributed by atoms with Gasteiger partial charge in [0, 0.05) is 38.1 Å².